The van der Waals surface area contributed by atoms with Crippen LogP contribution < -0.4 is 9.62 Å². The molecular formula is C22H17ClN2O4S. The van der Waals surface area contributed by atoms with E-state index in [1.54, 1.807) is 37.3 Å². The quantitative estimate of drug-likeness (QED) is 0.603. The van der Waals surface area contributed by atoms with Crippen molar-refractivity contribution < 1.29 is 18.0 Å². The van der Waals surface area contributed by atoms with Crippen LogP contribution >= 0.6 is 11.6 Å². The van der Waals surface area contributed by atoms with Gasteiger partial charge in [0.2, 0.25) is 0 Å². The Labute approximate surface area is 179 Å². The normalized spacial score (nSPS) is 13.5. The fraction of sp³-hybridized carbons (Fsp3) is 0.0909. The number of hydrogen-bond acceptors (Lipinski definition) is 4. The lowest BCUT2D eigenvalue weighted by atomic mass is 10.1. The Morgan fingerprint density at radius 3 is 2.17 bits per heavy atom. The Balaban J connectivity index is 1.64. The van der Waals surface area contributed by atoms with Crippen LogP contribution in [0.3, 0.4) is 0 Å². The molecule has 3 aromatic rings. The van der Waals surface area contributed by atoms with Gasteiger partial charge in [-0.05, 0) is 67.9 Å². The number of rotatable bonds is 4. The summed E-state index contributed by atoms with van der Waals surface area (Å²) in [5.41, 5.74) is 2.77. The highest BCUT2D eigenvalue weighted by Crippen LogP contribution is 2.33. The Morgan fingerprint density at radius 1 is 0.833 bits per heavy atom. The van der Waals surface area contributed by atoms with E-state index < -0.39 is 21.8 Å². The third-order valence-corrected chi connectivity index (χ3v) is 6.50. The zero-order valence-corrected chi connectivity index (χ0v) is 17.7. The fourth-order valence-electron chi connectivity index (χ4n) is 3.33. The molecule has 0 aliphatic carbocycles. The second-order valence-corrected chi connectivity index (χ2v) is 9.17. The number of halogens is 1. The molecule has 0 aromatic heterocycles. The number of nitrogens with zero attached hydrogens (tertiary/aromatic N) is 1. The molecule has 8 heteroatoms. The third-order valence-electron chi connectivity index (χ3n) is 4.87. The monoisotopic (exact) mass is 440 g/mol. The Bertz CT molecular complexity index is 1300. The zero-order valence-electron chi connectivity index (χ0n) is 16.1. The first-order valence-electron chi connectivity index (χ1n) is 9.06. The number of amides is 2. The Hall–Kier alpha value is -3.16. The van der Waals surface area contributed by atoms with Crippen LogP contribution in [0, 0.1) is 13.8 Å². The minimum Gasteiger partial charge on any atom is -0.280 e. The van der Waals surface area contributed by atoms with Crippen LogP contribution in [0.2, 0.25) is 5.02 Å². The van der Waals surface area contributed by atoms with Gasteiger partial charge in [-0.1, -0.05) is 29.3 Å². The van der Waals surface area contributed by atoms with Gasteiger partial charge in [-0.2, -0.15) is 0 Å². The maximum Gasteiger partial charge on any atom is 0.266 e. The van der Waals surface area contributed by atoms with Gasteiger partial charge in [-0.3, -0.25) is 14.3 Å². The van der Waals surface area contributed by atoms with Crippen LogP contribution in [0.1, 0.15) is 31.8 Å². The number of nitrogens with one attached hydrogen (secondary N) is 1. The first-order valence-corrected chi connectivity index (χ1v) is 10.9. The van der Waals surface area contributed by atoms with Gasteiger partial charge < -0.3 is 0 Å². The number of sulfonamides is 1. The highest BCUT2D eigenvalue weighted by molar-refractivity contribution is 7.92. The molecule has 0 atom stereocenters. The summed E-state index contributed by atoms with van der Waals surface area (Å²) in [6, 6.07) is 15.7. The lowest BCUT2D eigenvalue weighted by Crippen LogP contribution is -2.30. The molecule has 1 heterocycles. The number of imide groups is 1. The second-order valence-electron chi connectivity index (χ2n) is 7.06. The van der Waals surface area contributed by atoms with E-state index in [9.17, 15) is 18.0 Å². The zero-order chi connectivity index (χ0) is 21.6. The van der Waals surface area contributed by atoms with Crippen LogP contribution in [-0.2, 0) is 10.0 Å². The topological polar surface area (TPSA) is 83.6 Å². The first-order chi connectivity index (χ1) is 14.2. The molecule has 1 N–H and O–H groups in total. The van der Waals surface area contributed by atoms with E-state index in [0.717, 1.165) is 10.5 Å². The third kappa shape index (κ3) is 3.46. The van der Waals surface area contributed by atoms with Crippen LogP contribution in [0.5, 0.6) is 0 Å². The number of aryl methyl sites for hydroxylation is 2. The highest BCUT2D eigenvalue weighted by atomic mass is 35.5. The molecule has 0 bridgehead atoms. The van der Waals surface area contributed by atoms with Crippen molar-refractivity contribution in [3.05, 3.63) is 87.9 Å². The van der Waals surface area contributed by atoms with E-state index in [1.165, 1.54) is 30.3 Å². The van der Waals surface area contributed by atoms with Crippen molar-refractivity contribution in [2.75, 3.05) is 9.62 Å². The molecule has 0 saturated carbocycles. The van der Waals surface area contributed by atoms with E-state index in [4.69, 9.17) is 11.6 Å². The lowest BCUT2D eigenvalue weighted by Gasteiger charge is -2.18. The molecule has 0 fully saturated rings. The van der Waals surface area contributed by atoms with Crippen molar-refractivity contribution in [2.24, 2.45) is 0 Å². The molecule has 1 aliphatic heterocycles. The molecule has 0 spiro atoms. The number of fused-ring (bicyclic) bond motifs is 1. The van der Waals surface area contributed by atoms with Crippen molar-refractivity contribution in [2.45, 2.75) is 18.7 Å². The molecule has 3 aromatic carbocycles. The standard InChI is InChI=1S/C22H17ClN2O4S/c1-13-3-7-17(8-4-13)30(28,29)24-16-6-10-20(14(2)11-16)25-21(26)18-9-5-15(23)12-19(18)22(25)27/h3-12,24H,1-2H3. The van der Waals surface area contributed by atoms with Crippen molar-refractivity contribution >= 4 is 44.8 Å². The molecule has 30 heavy (non-hydrogen) atoms. The van der Waals surface area contributed by atoms with Gasteiger partial charge in [0.25, 0.3) is 21.8 Å². The first kappa shape index (κ1) is 20.1. The van der Waals surface area contributed by atoms with Crippen LogP contribution in [0.4, 0.5) is 11.4 Å². The molecular weight excluding hydrogens is 424 g/mol. The molecule has 2 amide bonds. The summed E-state index contributed by atoms with van der Waals surface area (Å²) in [4.78, 5) is 26.7. The van der Waals surface area contributed by atoms with E-state index >= 15 is 0 Å². The van der Waals surface area contributed by atoms with Gasteiger partial charge in [0.05, 0.1) is 21.7 Å². The van der Waals surface area contributed by atoms with E-state index in [1.807, 2.05) is 6.92 Å². The molecule has 6 nitrogen and oxygen atoms in total. The number of benzene rings is 3. The van der Waals surface area contributed by atoms with E-state index in [-0.39, 0.29) is 16.0 Å². The van der Waals surface area contributed by atoms with Crippen molar-refractivity contribution in [3.63, 3.8) is 0 Å². The van der Waals surface area contributed by atoms with Crippen molar-refractivity contribution in [3.8, 4) is 0 Å². The van der Waals surface area contributed by atoms with Crippen molar-refractivity contribution in [1.29, 1.82) is 0 Å². The molecule has 4 rings (SSSR count). The van der Waals surface area contributed by atoms with Crippen LogP contribution in [0.15, 0.2) is 65.6 Å². The maximum absolute atomic E-state index is 12.8. The van der Waals surface area contributed by atoms with Gasteiger partial charge in [0, 0.05) is 10.7 Å². The lowest BCUT2D eigenvalue weighted by molar-refractivity contribution is 0.0926. The molecule has 1 aliphatic rings. The van der Waals surface area contributed by atoms with E-state index in [0.29, 0.717) is 22.0 Å². The molecule has 152 valence electrons. The number of hydrogen-bond donors (Lipinski definition) is 1. The van der Waals surface area contributed by atoms with Gasteiger partial charge in [0.1, 0.15) is 0 Å². The summed E-state index contributed by atoms with van der Waals surface area (Å²) < 4.78 is 27.7. The molecule has 0 radical (unpaired) electrons. The SMILES string of the molecule is Cc1ccc(S(=O)(=O)Nc2ccc(N3C(=O)c4ccc(Cl)cc4C3=O)c(C)c2)cc1. The average molecular weight is 441 g/mol. The predicted octanol–water partition coefficient (Wildman–Crippen LogP) is 4.56. The average Bonchev–Trinajstić information content (AvgIpc) is 2.92. The highest BCUT2D eigenvalue weighted by Gasteiger charge is 2.37. The Morgan fingerprint density at radius 2 is 1.50 bits per heavy atom. The maximum atomic E-state index is 12.8. The van der Waals surface area contributed by atoms with Gasteiger partial charge in [-0.25, -0.2) is 13.3 Å². The van der Waals surface area contributed by atoms with Crippen LogP contribution in [-0.4, -0.2) is 20.2 Å². The molecule has 0 unspecified atom stereocenters. The number of anilines is 2. The fourth-order valence-corrected chi connectivity index (χ4v) is 4.55. The summed E-state index contributed by atoms with van der Waals surface area (Å²) >= 11 is 5.96. The van der Waals surface area contributed by atoms with Gasteiger partial charge in [0.15, 0.2) is 0 Å². The summed E-state index contributed by atoms with van der Waals surface area (Å²) in [5, 5.41) is 0.370. The minimum absolute atomic E-state index is 0.145. The predicted molar refractivity (Wildman–Crippen MR) is 116 cm³/mol. The second kappa shape index (κ2) is 7.27. The molecule has 0 saturated heterocycles. The van der Waals surface area contributed by atoms with Gasteiger partial charge >= 0.3 is 0 Å². The largest absolute Gasteiger partial charge is 0.280 e. The summed E-state index contributed by atoms with van der Waals surface area (Å²) in [6.07, 6.45) is 0. The van der Waals surface area contributed by atoms with E-state index in [2.05, 4.69) is 4.72 Å². The van der Waals surface area contributed by atoms with Crippen LogP contribution in [0.25, 0.3) is 0 Å². The number of carbonyl (C=O) groups is 2. The summed E-state index contributed by atoms with van der Waals surface area (Å²) in [5.74, 6) is -0.906. The smallest absolute Gasteiger partial charge is 0.266 e. The summed E-state index contributed by atoms with van der Waals surface area (Å²) in [6.45, 7) is 3.58. The summed E-state index contributed by atoms with van der Waals surface area (Å²) in [7, 11) is -3.76. The van der Waals surface area contributed by atoms with Gasteiger partial charge in [-0.15, -0.1) is 0 Å². The minimum atomic E-state index is -3.76. The Kier molecular flexibility index (Phi) is 4.88. The van der Waals surface area contributed by atoms with Crippen molar-refractivity contribution in [1.82, 2.24) is 0 Å². The number of carbonyl (C=O) groups excluding carboxylic acids is 2.